The van der Waals surface area contributed by atoms with Gasteiger partial charge in [-0.2, -0.15) is 13.2 Å². The van der Waals surface area contributed by atoms with Gasteiger partial charge in [-0.25, -0.2) is 9.97 Å². The van der Waals surface area contributed by atoms with Crippen molar-refractivity contribution < 1.29 is 13.2 Å². The van der Waals surface area contributed by atoms with E-state index in [1.54, 1.807) is 0 Å². The van der Waals surface area contributed by atoms with Gasteiger partial charge in [0, 0.05) is 16.5 Å². The van der Waals surface area contributed by atoms with Crippen molar-refractivity contribution >= 4 is 45.5 Å². The third-order valence-electron chi connectivity index (χ3n) is 7.49. The largest absolute Gasteiger partial charge is 0.416 e. The van der Waals surface area contributed by atoms with E-state index in [0.717, 1.165) is 50.4 Å². The van der Waals surface area contributed by atoms with E-state index in [-0.39, 0.29) is 0 Å². The van der Waals surface area contributed by atoms with Gasteiger partial charge in [0.1, 0.15) is 0 Å². The van der Waals surface area contributed by atoms with Gasteiger partial charge in [0.05, 0.1) is 16.8 Å². The Balaban J connectivity index is 1.54. The van der Waals surface area contributed by atoms with Crippen molar-refractivity contribution in [2.24, 2.45) is 0 Å². The van der Waals surface area contributed by atoms with Gasteiger partial charge in [-0.05, 0) is 52.8 Å². The standard InChI is InChI=1S/C37H24F3N2P/c38-37(39,40)27-22-19-26(20-23-27)36-41-32-18-10-9-17-31(32)35(42-36)34-30-16-8-7-11-25(30)21-24-33(34)43(28-12-3-1-4-13-28)29-14-5-2-6-15-29/h1-24H. The molecule has 0 saturated heterocycles. The van der Waals surface area contributed by atoms with Crippen LogP contribution in [0.5, 0.6) is 0 Å². The summed E-state index contributed by atoms with van der Waals surface area (Å²) in [6.07, 6.45) is -4.42. The summed E-state index contributed by atoms with van der Waals surface area (Å²) in [5.74, 6) is 0.380. The molecule has 208 valence electrons. The SMILES string of the molecule is FC(F)(F)c1ccc(-c2nc(-c3c(P(c4ccccc4)c4ccccc4)ccc4ccccc34)c3ccccc3n2)cc1. The average molecular weight is 585 g/mol. The van der Waals surface area contributed by atoms with Crippen LogP contribution in [0.3, 0.4) is 0 Å². The number of rotatable bonds is 5. The van der Waals surface area contributed by atoms with Gasteiger partial charge in [-0.3, -0.25) is 0 Å². The van der Waals surface area contributed by atoms with Crippen LogP contribution in [-0.4, -0.2) is 9.97 Å². The summed E-state index contributed by atoms with van der Waals surface area (Å²) in [6, 6.07) is 46.5. The molecule has 0 radical (unpaired) electrons. The molecular weight excluding hydrogens is 560 g/mol. The zero-order valence-corrected chi connectivity index (χ0v) is 23.7. The number of aromatic nitrogens is 2. The van der Waals surface area contributed by atoms with E-state index in [9.17, 15) is 13.2 Å². The summed E-state index contributed by atoms with van der Waals surface area (Å²) < 4.78 is 40.0. The van der Waals surface area contributed by atoms with Gasteiger partial charge >= 0.3 is 6.18 Å². The number of alkyl halides is 3. The van der Waals surface area contributed by atoms with Crippen LogP contribution in [-0.2, 0) is 6.18 Å². The summed E-state index contributed by atoms with van der Waals surface area (Å²) >= 11 is 0. The van der Waals surface area contributed by atoms with Crippen LogP contribution in [0.1, 0.15) is 5.56 Å². The van der Waals surface area contributed by atoms with Gasteiger partial charge in [0.2, 0.25) is 0 Å². The summed E-state index contributed by atoms with van der Waals surface area (Å²) in [5, 5.41) is 6.58. The van der Waals surface area contributed by atoms with E-state index < -0.39 is 19.7 Å². The molecule has 0 aliphatic heterocycles. The van der Waals surface area contributed by atoms with Gasteiger partial charge in [0.15, 0.2) is 5.82 Å². The average Bonchev–Trinajstić information content (AvgIpc) is 3.05. The lowest BCUT2D eigenvalue weighted by Gasteiger charge is -2.24. The monoisotopic (exact) mass is 584 g/mol. The number of nitrogens with zero attached hydrogens (tertiary/aromatic N) is 2. The Bertz CT molecular complexity index is 2020. The minimum atomic E-state index is -4.42. The molecule has 6 aromatic carbocycles. The fourth-order valence-corrected chi connectivity index (χ4v) is 7.95. The van der Waals surface area contributed by atoms with Crippen LogP contribution in [0, 0.1) is 0 Å². The second kappa shape index (κ2) is 11.1. The van der Waals surface area contributed by atoms with Crippen LogP contribution in [0.2, 0.25) is 0 Å². The van der Waals surface area contributed by atoms with Crippen LogP contribution < -0.4 is 15.9 Å². The molecule has 0 spiro atoms. The second-order valence-corrected chi connectivity index (χ2v) is 12.4. The van der Waals surface area contributed by atoms with Crippen LogP contribution >= 0.6 is 7.92 Å². The summed E-state index contributed by atoms with van der Waals surface area (Å²) in [4.78, 5) is 9.94. The summed E-state index contributed by atoms with van der Waals surface area (Å²) in [7, 11) is -0.986. The Labute approximate surface area is 248 Å². The van der Waals surface area contributed by atoms with E-state index in [4.69, 9.17) is 9.97 Å². The highest BCUT2D eigenvalue weighted by molar-refractivity contribution is 7.80. The number of hydrogen-bond donors (Lipinski definition) is 0. The van der Waals surface area contributed by atoms with Crippen molar-refractivity contribution in [3.8, 4) is 22.6 Å². The number of halogens is 3. The Kier molecular flexibility index (Phi) is 6.96. The fraction of sp³-hybridized carbons (Fsp3) is 0.0270. The third kappa shape index (κ3) is 5.17. The maximum absolute atomic E-state index is 13.3. The van der Waals surface area contributed by atoms with Gasteiger partial charge in [-0.1, -0.05) is 127 Å². The molecular formula is C37H24F3N2P. The van der Waals surface area contributed by atoms with Crippen molar-refractivity contribution in [3.05, 3.63) is 151 Å². The number of fused-ring (bicyclic) bond motifs is 2. The highest BCUT2D eigenvalue weighted by Gasteiger charge is 2.30. The molecule has 0 saturated carbocycles. The first kappa shape index (κ1) is 27.0. The third-order valence-corrected chi connectivity index (χ3v) is 9.97. The van der Waals surface area contributed by atoms with Crippen molar-refractivity contribution in [2.75, 3.05) is 0 Å². The van der Waals surface area contributed by atoms with Crippen molar-refractivity contribution in [1.82, 2.24) is 9.97 Å². The zero-order valence-electron chi connectivity index (χ0n) is 22.8. The van der Waals surface area contributed by atoms with Gasteiger partial charge in [0.25, 0.3) is 0 Å². The molecule has 0 fully saturated rings. The lowest BCUT2D eigenvalue weighted by atomic mass is 9.98. The van der Waals surface area contributed by atoms with Crippen LogP contribution in [0.15, 0.2) is 146 Å². The van der Waals surface area contributed by atoms with E-state index in [1.807, 2.05) is 48.5 Å². The smallest absolute Gasteiger partial charge is 0.228 e. The minimum Gasteiger partial charge on any atom is -0.228 e. The molecule has 0 aliphatic carbocycles. The summed E-state index contributed by atoms with van der Waals surface area (Å²) in [5.41, 5.74) is 2.31. The minimum absolute atomic E-state index is 0.380. The Morgan fingerprint density at radius 3 is 1.74 bits per heavy atom. The molecule has 0 unspecified atom stereocenters. The maximum Gasteiger partial charge on any atom is 0.416 e. The maximum atomic E-state index is 13.3. The van der Waals surface area contributed by atoms with E-state index in [2.05, 4.69) is 72.8 Å². The molecule has 0 amide bonds. The Morgan fingerprint density at radius 1 is 0.512 bits per heavy atom. The van der Waals surface area contributed by atoms with Crippen LogP contribution in [0.25, 0.3) is 44.3 Å². The highest BCUT2D eigenvalue weighted by atomic mass is 31.1. The second-order valence-electron chi connectivity index (χ2n) is 10.2. The molecule has 7 rings (SSSR count). The predicted molar refractivity (Wildman–Crippen MR) is 172 cm³/mol. The quantitative estimate of drug-likeness (QED) is 0.189. The van der Waals surface area contributed by atoms with E-state index in [1.165, 1.54) is 22.7 Å². The number of hydrogen-bond acceptors (Lipinski definition) is 2. The predicted octanol–water partition coefficient (Wildman–Crippen LogP) is 8.89. The van der Waals surface area contributed by atoms with E-state index in [0.29, 0.717) is 11.4 Å². The molecule has 0 bridgehead atoms. The molecule has 2 nitrogen and oxygen atoms in total. The van der Waals surface area contributed by atoms with Crippen molar-refractivity contribution in [2.45, 2.75) is 6.18 Å². The lowest BCUT2D eigenvalue weighted by molar-refractivity contribution is -0.137. The first-order valence-electron chi connectivity index (χ1n) is 13.8. The van der Waals surface area contributed by atoms with Crippen molar-refractivity contribution in [1.29, 1.82) is 0 Å². The highest BCUT2D eigenvalue weighted by Crippen LogP contribution is 2.42. The summed E-state index contributed by atoms with van der Waals surface area (Å²) in [6.45, 7) is 0. The molecule has 1 aromatic heterocycles. The molecule has 0 N–H and O–H groups in total. The Morgan fingerprint density at radius 2 is 1.09 bits per heavy atom. The fourth-order valence-electron chi connectivity index (χ4n) is 5.48. The molecule has 1 heterocycles. The number of para-hydroxylation sites is 1. The molecule has 43 heavy (non-hydrogen) atoms. The van der Waals surface area contributed by atoms with E-state index >= 15 is 0 Å². The first-order valence-corrected chi connectivity index (χ1v) is 15.2. The zero-order chi connectivity index (χ0) is 29.4. The first-order chi connectivity index (χ1) is 21.0. The number of benzene rings is 6. The topological polar surface area (TPSA) is 25.8 Å². The molecule has 7 aromatic rings. The molecule has 6 heteroatoms. The molecule has 0 aliphatic rings. The van der Waals surface area contributed by atoms with Gasteiger partial charge < -0.3 is 0 Å². The molecule has 0 atom stereocenters. The Hall–Kier alpha value is -4.86. The normalized spacial score (nSPS) is 11.8. The van der Waals surface area contributed by atoms with Gasteiger partial charge in [-0.15, -0.1) is 0 Å². The van der Waals surface area contributed by atoms with Crippen molar-refractivity contribution in [3.63, 3.8) is 0 Å². The lowest BCUT2D eigenvalue weighted by Crippen LogP contribution is -2.22. The van der Waals surface area contributed by atoms with Crippen LogP contribution in [0.4, 0.5) is 13.2 Å².